The zero-order valence-corrected chi connectivity index (χ0v) is 29.4. The van der Waals surface area contributed by atoms with Crippen LogP contribution in [0.4, 0.5) is 0 Å². The number of aromatic amines is 1. The Morgan fingerprint density at radius 2 is 1.22 bits per heavy atom. The second kappa shape index (κ2) is 14.0. The summed E-state index contributed by atoms with van der Waals surface area (Å²) in [5, 5.41) is 19.9. The summed E-state index contributed by atoms with van der Waals surface area (Å²) in [7, 11) is 0. The van der Waals surface area contributed by atoms with E-state index in [0.29, 0.717) is 34.0 Å². The largest absolute Gasteiger partial charge is 0.477 e. The number of carboxylic acid groups (broad SMARTS) is 1. The first-order valence-electron chi connectivity index (χ1n) is 17.9. The minimum absolute atomic E-state index is 0.220. The molecule has 9 rings (SSSR count). The Labute approximate surface area is 317 Å². The fraction of sp³-hybridized carbons (Fsp3) is 0.0208. The summed E-state index contributed by atoms with van der Waals surface area (Å²) in [6, 6.07) is 46.4. The number of carboxylic acids is 1. The Morgan fingerprint density at radius 1 is 0.636 bits per heavy atom. The SMILES string of the molecule is N#C/C(=C\C1=CC2=NC1=C(c1ccccc1)C1=NC(=C(c3ccccc3)c3ccc([nH]3)C(c3ccccc3)C3=NC(=C2c2ccccc2)C=C3)C=C1)C(=O)O. The summed E-state index contributed by atoms with van der Waals surface area (Å²) in [5.74, 6) is -1.54. The van der Waals surface area contributed by atoms with Gasteiger partial charge in [0.2, 0.25) is 0 Å². The first-order chi connectivity index (χ1) is 27.1. The predicted molar refractivity (Wildman–Crippen MR) is 218 cm³/mol. The second-order valence-corrected chi connectivity index (χ2v) is 13.3. The van der Waals surface area contributed by atoms with Crippen molar-refractivity contribution in [1.29, 1.82) is 5.26 Å². The van der Waals surface area contributed by atoms with Gasteiger partial charge in [0.05, 0.1) is 40.1 Å². The number of aliphatic carboxylic acids is 1. The Morgan fingerprint density at radius 3 is 1.85 bits per heavy atom. The van der Waals surface area contributed by atoms with E-state index in [4.69, 9.17) is 15.0 Å². The van der Waals surface area contributed by atoms with Gasteiger partial charge in [-0.1, -0.05) is 121 Å². The van der Waals surface area contributed by atoms with Gasteiger partial charge in [0, 0.05) is 33.7 Å². The fourth-order valence-corrected chi connectivity index (χ4v) is 7.46. The molecule has 0 aliphatic carbocycles. The normalized spacial score (nSPS) is 17.6. The van der Waals surface area contributed by atoms with E-state index >= 15 is 0 Å². The lowest BCUT2D eigenvalue weighted by Gasteiger charge is -2.17. The van der Waals surface area contributed by atoms with Crippen LogP contribution in [0.2, 0.25) is 0 Å². The first kappa shape index (κ1) is 33.2. The van der Waals surface area contributed by atoms with Gasteiger partial charge in [-0.3, -0.25) is 4.99 Å². The van der Waals surface area contributed by atoms with Crippen molar-refractivity contribution < 1.29 is 9.90 Å². The molecular weight excluding hydrogens is 679 g/mol. The number of aliphatic imine (C=N–C) groups is 3. The minimum Gasteiger partial charge on any atom is -0.477 e. The van der Waals surface area contributed by atoms with Crippen LogP contribution < -0.4 is 0 Å². The molecule has 55 heavy (non-hydrogen) atoms. The molecule has 0 amide bonds. The summed E-state index contributed by atoms with van der Waals surface area (Å²) in [5.41, 5.74) is 12.2. The van der Waals surface area contributed by atoms with Crippen molar-refractivity contribution in [2.45, 2.75) is 5.92 Å². The quantitative estimate of drug-likeness (QED) is 0.135. The number of nitrogens with zero attached hydrogens (tertiary/aromatic N) is 4. The highest BCUT2D eigenvalue weighted by Crippen LogP contribution is 2.41. The van der Waals surface area contributed by atoms with Crippen molar-refractivity contribution in [3.8, 4) is 6.07 Å². The third-order valence-corrected chi connectivity index (χ3v) is 9.92. The van der Waals surface area contributed by atoms with E-state index in [-0.39, 0.29) is 5.92 Å². The average molecular weight is 710 g/mol. The summed E-state index contributed by atoms with van der Waals surface area (Å²) in [6.45, 7) is 0. The van der Waals surface area contributed by atoms with Crippen LogP contribution in [0.25, 0.3) is 16.7 Å². The van der Waals surface area contributed by atoms with Gasteiger partial charge in [-0.25, -0.2) is 14.8 Å². The van der Waals surface area contributed by atoms with Crippen molar-refractivity contribution in [3.05, 3.63) is 232 Å². The molecule has 4 aromatic carbocycles. The molecule has 0 spiro atoms. The molecule has 4 aliphatic rings. The van der Waals surface area contributed by atoms with E-state index in [1.807, 2.05) is 127 Å². The van der Waals surface area contributed by atoms with Crippen LogP contribution in [0.1, 0.15) is 39.6 Å². The molecule has 0 radical (unpaired) electrons. The lowest BCUT2D eigenvalue weighted by molar-refractivity contribution is -0.132. The van der Waals surface area contributed by atoms with Gasteiger partial charge in [0.25, 0.3) is 0 Å². The van der Waals surface area contributed by atoms with Crippen LogP contribution in [0.5, 0.6) is 0 Å². The Hall–Kier alpha value is -7.69. The highest BCUT2D eigenvalue weighted by molar-refractivity contribution is 6.36. The minimum atomic E-state index is -1.32. The Kier molecular flexibility index (Phi) is 8.46. The molecule has 8 bridgehead atoms. The zero-order chi connectivity index (χ0) is 37.3. The number of carbonyl (C=O) groups is 1. The number of hydrogen-bond donors (Lipinski definition) is 2. The second-order valence-electron chi connectivity index (χ2n) is 13.3. The standard InChI is InChI=1S/C48H31N5O2/c49-29-35(48(54)55)27-34-28-42-45(32-17-9-3-10-18-32)40-24-23-38(51-40)43(30-13-5-1-6-14-30)36-21-22-37(50-36)44(31-15-7-2-8-16-31)39-25-26-41(52-39)46(47(34)53-42)33-19-11-4-12-20-33/h1-28,43,50H,(H,54,55)/b35-27+,44-39?,45-40?,47-46?. The summed E-state index contributed by atoms with van der Waals surface area (Å²) < 4.78 is 0. The molecule has 1 atom stereocenters. The van der Waals surface area contributed by atoms with Gasteiger partial charge < -0.3 is 10.1 Å². The summed E-state index contributed by atoms with van der Waals surface area (Å²) >= 11 is 0. The molecule has 7 nitrogen and oxygen atoms in total. The van der Waals surface area contributed by atoms with Crippen LogP contribution in [0.15, 0.2) is 213 Å². The van der Waals surface area contributed by atoms with E-state index in [2.05, 4.69) is 47.5 Å². The number of aromatic nitrogens is 1. The lowest BCUT2D eigenvalue weighted by atomic mass is 9.91. The van der Waals surface area contributed by atoms with Crippen molar-refractivity contribution in [2.24, 2.45) is 15.0 Å². The molecular formula is C48H31N5O2. The highest BCUT2D eigenvalue weighted by atomic mass is 16.4. The van der Waals surface area contributed by atoms with Crippen LogP contribution in [0.3, 0.4) is 0 Å². The predicted octanol–water partition coefficient (Wildman–Crippen LogP) is 9.68. The van der Waals surface area contributed by atoms with Crippen molar-refractivity contribution in [3.63, 3.8) is 0 Å². The molecule has 5 heterocycles. The molecule has 1 aromatic heterocycles. The van der Waals surface area contributed by atoms with Crippen LogP contribution in [-0.4, -0.2) is 33.2 Å². The smallest absolute Gasteiger partial charge is 0.346 e. The zero-order valence-electron chi connectivity index (χ0n) is 29.4. The molecule has 0 saturated carbocycles. The Bertz CT molecular complexity index is 2750. The average Bonchev–Trinajstić information content (AvgIpc) is 4.06. The number of allylic oxidation sites excluding steroid dienone is 8. The van der Waals surface area contributed by atoms with Crippen LogP contribution in [0, 0.1) is 11.3 Å². The maximum absolute atomic E-state index is 12.3. The summed E-state index contributed by atoms with van der Waals surface area (Å²) in [6.07, 6.45) is 11.3. The molecule has 1 unspecified atom stereocenters. The van der Waals surface area contributed by atoms with E-state index in [9.17, 15) is 15.2 Å². The topological polar surface area (TPSA) is 114 Å². The lowest BCUT2D eigenvalue weighted by Crippen LogP contribution is -2.12. The van der Waals surface area contributed by atoms with Crippen LogP contribution >= 0.6 is 0 Å². The van der Waals surface area contributed by atoms with E-state index < -0.39 is 11.5 Å². The molecule has 0 saturated heterocycles. The van der Waals surface area contributed by atoms with Gasteiger partial charge in [0.1, 0.15) is 11.6 Å². The van der Waals surface area contributed by atoms with Crippen molar-refractivity contribution in [2.75, 3.05) is 0 Å². The van der Waals surface area contributed by atoms with E-state index in [0.717, 1.165) is 56.2 Å². The third kappa shape index (κ3) is 6.18. The van der Waals surface area contributed by atoms with E-state index in [1.54, 1.807) is 0 Å². The monoisotopic (exact) mass is 709 g/mol. The van der Waals surface area contributed by atoms with Crippen molar-refractivity contribution in [1.82, 2.24) is 4.98 Å². The highest BCUT2D eigenvalue weighted by Gasteiger charge is 2.30. The number of fused-ring (bicyclic) bond motifs is 5. The van der Waals surface area contributed by atoms with Gasteiger partial charge in [0.15, 0.2) is 0 Å². The van der Waals surface area contributed by atoms with Crippen molar-refractivity contribution >= 4 is 39.8 Å². The van der Waals surface area contributed by atoms with Gasteiger partial charge in [-0.15, -0.1) is 0 Å². The first-order valence-corrected chi connectivity index (χ1v) is 17.9. The number of nitrogens with one attached hydrogen (secondary N) is 1. The third-order valence-electron chi connectivity index (χ3n) is 9.92. The van der Waals surface area contributed by atoms with Gasteiger partial charge in [-0.05, 0) is 70.8 Å². The molecule has 0 fully saturated rings. The summed E-state index contributed by atoms with van der Waals surface area (Å²) in [4.78, 5) is 32.0. The van der Waals surface area contributed by atoms with E-state index in [1.165, 1.54) is 6.08 Å². The molecule has 5 aromatic rings. The number of H-pyrrole nitrogens is 1. The van der Waals surface area contributed by atoms with Gasteiger partial charge >= 0.3 is 5.97 Å². The molecule has 2 N–H and O–H groups in total. The van der Waals surface area contributed by atoms with Gasteiger partial charge in [-0.2, -0.15) is 5.26 Å². The number of nitriles is 1. The Balaban J connectivity index is 1.41. The number of benzene rings is 4. The number of hydrogen-bond acceptors (Lipinski definition) is 5. The maximum atomic E-state index is 12.3. The molecule has 4 aliphatic heterocycles. The molecule has 260 valence electrons. The van der Waals surface area contributed by atoms with Crippen LogP contribution in [-0.2, 0) is 4.79 Å². The fourth-order valence-electron chi connectivity index (χ4n) is 7.46. The molecule has 7 heteroatoms. The number of rotatable bonds is 6. The maximum Gasteiger partial charge on any atom is 0.346 e.